The number of rotatable bonds is 5. The lowest BCUT2D eigenvalue weighted by Crippen LogP contribution is -2.33. The molecule has 15 heavy (non-hydrogen) atoms. The topological polar surface area (TPSA) is 12.0 Å². The van der Waals surface area contributed by atoms with Crippen molar-refractivity contribution in [2.45, 2.75) is 31.7 Å². The first-order valence-corrected chi connectivity index (χ1v) is 5.15. The summed E-state index contributed by atoms with van der Waals surface area (Å²) in [6.07, 6.45) is -1.85. The summed E-state index contributed by atoms with van der Waals surface area (Å²) >= 11 is 0. The average Bonchev–Trinajstić information content (AvgIpc) is 2.26. The van der Waals surface area contributed by atoms with E-state index in [0.717, 1.165) is 5.56 Å². The molecule has 0 heterocycles. The molecule has 0 saturated carbocycles. The van der Waals surface area contributed by atoms with Crippen molar-refractivity contribution in [3.63, 3.8) is 0 Å². The highest BCUT2D eigenvalue weighted by atomic mass is 19.3. The molecule has 84 valence electrons. The molecule has 0 aromatic heterocycles. The van der Waals surface area contributed by atoms with Crippen molar-refractivity contribution in [1.29, 1.82) is 0 Å². The van der Waals surface area contributed by atoms with Crippen LogP contribution in [0.25, 0.3) is 0 Å². The zero-order chi connectivity index (χ0) is 11.3. The number of nitrogens with one attached hydrogen (secondary N) is 1. The van der Waals surface area contributed by atoms with Crippen molar-refractivity contribution in [1.82, 2.24) is 5.32 Å². The van der Waals surface area contributed by atoms with Gasteiger partial charge >= 0.3 is 0 Å². The Balaban J connectivity index is 2.58. The Labute approximate surface area is 89.5 Å². The molecule has 3 heteroatoms. The van der Waals surface area contributed by atoms with E-state index in [9.17, 15) is 8.78 Å². The molecule has 0 aliphatic heterocycles. The minimum absolute atomic E-state index is 0.151. The lowest BCUT2D eigenvalue weighted by atomic mass is 9.94. The van der Waals surface area contributed by atoms with Crippen LogP contribution in [-0.2, 0) is 0 Å². The summed E-state index contributed by atoms with van der Waals surface area (Å²) in [6.45, 7) is 1.97. The molecule has 0 fully saturated rings. The number of benzene rings is 1. The predicted octanol–water partition coefficient (Wildman–Crippen LogP) is 3.03. The Morgan fingerprint density at radius 2 is 1.80 bits per heavy atom. The smallest absolute Gasteiger partial charge is 0.253 e. The molecule has 0 bridgehead atoms. The third-order valence-electron chi connectivity index (χ3n) is 2.65. The zero-order valence-corrected chi connectivity index (χ0v) is 9.08. The van der Waals surface area contributed by atoms with Crippen LogP contribution in [0.3, 0.4) is 0 Å². The standard InChI is InChI=1S/C12H17F2N/c1-9(8-11(15-2)12(13)14)10-6-4-3-5-7-10/h3-7,9,11-12,15H,8H2,1-2H3. The van der Waals surface area contributed by atoms with E-state index in [0.29, 0.717) is 6.42 Å². The van der Waals surface area contributed by atoms with E-state index in [1.807, 2.05) is 37.3 Å². The van der Waals surface area contributed by atoms with Crippen LogP contribution in [0.2, 0.25) is 0 Å². The van der Waals surface area contributed by atoms with E-state index in [2.05, 4.69) is 5.32 Å². The fourth-order valence-corrected chi connectivity index (χ4v) is 1.65. The highest BCUT2D eigenvalue weighted by Crippen LogP contribution is 2.22. The van der Waals surface area contributed by atoms with Gasteiger partial charge in [-0.25, -0.2) is 8.78 Å². The molecule has 0 amide bonds. The summed E-state index contributed by atoms with van der Waals surface area (Å²) in [5.41, 5.74) is 1.11. The van der Waals surface area contributed by atoms with Crippen LogP contribution in [0.15, 0.2) is 30.3 Å². The van der Waals surface area contributed by atoms with Gasteiger partial charge in [0.2, 0.25) is 0 Å². The number of halogens is 2. The van der Waals surface area contributed by atoms with Gasteiger partial charge in [-0.05, 0) is 24.9 Å². The second-order valence-electron chi connectivity index (χ2n) is 3.78. The van der Waals surface area contributed by atoms with Gasteiger partial charge in [0.15, 0.2) is 0 Å². The predicted molar refractivity (Wildman–Crippen MR) is 58.3 cm³/mol. The monoisotopic (exact) mass is 213 g/mol. The van der Waals surface area contributed by atoms with Gasteiger partial charge in [0.1, 0.15) is 0 Å². The molecule has 0 saturated heterocycles. The molecule has 0 spiro atoms. The van der Waals surface area contributed by atoms with Crippen molar-refractivity contribution in [2.24, 2.45) is 0 Å². The molecule has 0 radical (unpaired) electrons. The van der Waals surface area contributed by atoms with Gasteiger partial charge in [-0.15, -0.1) is 0 Å². The van der Waals surface area contributed by atoms with E-state index >= 15 is 0 Å². The first-order chi connectivity index (χ1) is 7.15. The normalized spacial score (nSPS) is 15.3. The molecule has 2 atom stereocenters. The number of hydrogen-bond donors (Lipinski definition) is 1. The second kappa shape index (κ2) is 5.81. The van der Waals surface area contributed by atoms with Gasteiger partial charge in [-0.1, -0.05) is 37.3 Å². The second-order valence-corrected chi connectivity index (χ2v) is 3.78. The maximum Gasteiger partial charge on any atom is 0.253 e. The van der Waals surface area contributed by atoms with Crippen LogP contribution in [0.5, 0.6) is 0 Å². The minimum atomic E-state index is -2.30. The summed E-state index contributed by atoms with van der Waals surface area (Å²) in [4.78, 5) is 0. The molecule has 2 unspecified atom stereocenters. The van der Waals surface area contributed by atoms with Gasteiger partial charge in [-0.3, -0.25) is 0 Å². The largest absolute Gasteiger partial charge is 0.312 e. The van der Waals surface area contributed by atoms with E-state index < -0.39 is 12.5 Å². The Morgan fingerprint density at radius 1 is 1.20 bits per heavy atom. The van der Waals surface area contributed by atoms with Crippen LogP contribution in [-0.4, -0.2) is 19.5 Å². The van der Waals surface area contributed by atoms with E-state index in [-0.39, 0.29) is 5.92 Å². The van der Waals surface area contributed by atoms with Crippen LogP contribution in [0.4, 0.5) is 8.78 Å². The highest BCUT2D eigenvalue weighted by Gasteiger charge is 2.21. The number of hydrogen-bond acceptors (Lipinski definition) is 1. The molecule has 1 N–H and O–H groups in total. The third-order valence-corrected chi connectivity index (χ3v) is 2.65. The van der Waals surface area contributed by atoms with E-state index in [1.54, 1.807) is 7.05 Å². The first kappa shape index (κ1) is 12.1. The number of alkyl halides is 2. The SMILES string of the molecule is CNC(CC(C)c1ccccc1)C(F)F. The quantitative estimate of drug-likeness (QED) is 0.792. The summed E-state index contributed by atoms with van der Waals surface area (Å²) < 4.78 is 25.0. The fraction of sp³-hybridized carbons (Fsp3) is 0.500. The van der Waals surface area contributed by atoms with E-state index in [1.165, 1.54) is 0 Å². The molecule has 0 aliphatic carbocycles. The highest BCUT2D eigenvalue weighted by molar-refractivity contribution is 5.18. The Bertz CT molecular complexity index is 274. The van der Waals surface area contributed by atoms with Gasteiger partial charge in [-0.2, -0.15) is 0 Å². The average molecular weight is 213 g/mol. The molecule has 1 nitrogen and oxygen atoms in total. The Morgan fingerprint density at radius 3 is 2.27 bits per heavy atom. The molecule has 1 aromatic carbocycles. The van der Waals surface area contributed by atoms with Crippen molar-refractivity contribution in [3.05, 3.63) is 35.9 Å². The molecule has 1 aromatic rings. The summed E-state index contributed by atoms with van der Waals surface area (Å²) in [7, 11) is 1.58. The van der Waals surface area contributed by atoms with Crippen molar-refractivity contribution < 1.29 is 8.78 Å². The summed E-state index contributed by atoms with van der Waals surface area (Å²) in [5, 5.41) is 2.65. The van der Waals surface area contributed by atoms with Crippen LogP contribution in [0.1, 0.15) is 24.8 Å². The van der Waals surface area contributed by atoms with Crippen molar-refractivity contribution in [2.75, 3.05) is 7.05 Å². The van der Waals surface area contributed by atoms with Gasteiger partial charge in [0.25, 0.3) is 6.43 Å². The minimum Gasteiger partial charge on any atom is -0.312 e. The lowest BCUT2D eigenvalue weighted by Gasteiger charge is -2.20. The third kappa shape index (κ3) is 3.59. The van der Waals surface area contributed by atoms with Crippen molar-refractivity contribution in [3.8, 4) is 0 Å². The zero-order valence-electron chi connectivity index (χ0n) is 9.08. The van der Waals surface area contributed by atoms with Crippen LogP contribution in [0, 0.1) is 0 Å². The molecule has 0 aliphatic rings. The summed E-state index contributed by atoms with van der Waals surface area (Å²) in [5.74, 6) is 0.151. The molecular formula is C12H17F2N. The fourth-order valence-electron chi connectivity index (χ4n) is 1.65. The maximum absolute atomic E-state index is 12.5. The van der Waals surface area contributed by atoms with Gasteiger partial charge in [0, 0.05) is 0 Å². The summed E-state index contributed by atoms with van der Waals surface area (Å²) in [6, 6.07) is 9.02. The van der Waals surface area contributed by atoms with Crippen LogP contribution < -0.4 is 5.32 Å². The maximum atomic E-state index is 12.5. The Hall–Kier alpha value is -0.960. The first-order valence-electron chi connectivity index (χ1n) is 5.15. The van der Waals surface area contributed by atoms with Crippen molar-refractivity contribution >= 4 is 0 Å². The molecule has 1 rings (SSSR count). The Kier molecular flexibility index (Phi) is 4.69. The lowest BCUT2D eigenvalue weighted by molar-refractivity contribution is 0.0950. The van der Waals surface area contributed by atoms with Gasteiger partial charge in [0.05, 0.1) is 6.04 Å². The van der Waals surface area contributed by atoms with Crippen LogP contribution >= 0.6 is 0 Å². The molecular weight excluding hydrogens is 196 g/mol. The van der Waals surface area contributed by atoms with Gasteiger partial charge < -0.3 is 5.32 Å². The van der Waals surface area contributed by atoms with E-state index in [4.69, 9.17) is 0 Å².